The maximum atomic E-state index is 13.2. The molecule has 2 amide bonds. The maximum absolute atomic E-state index is 13.2. The summed E-state index contributed by atoms with van der Waals surface area (Å²) in [6.07, 6.45) is -4.11. The van der Waals surface area contributed by atoms with E-state index in [4.69, 9.17) is 15.0 Å². The summed E-state index contributed by atoms with van der Waals surface area (Å²) in [5.41, 5.74) is 3.92. The number of benzene rings is 1. The Labute approximate surface area is 211 Å². The molecule has 0 spiro atoms. The molecule has 16 heteroatoms. The van der Waals surface area contributed by atoms with Crippen LogP contribution in [0.4, 0.5) is 30.5 Å². The van der Waals surface area contributed by atoms with Gasteiger partial charge < -0.3 is 25.4 Å². The van der Waals surface area contributed by atoms with Crippen molar-refractivity contribution < 1.29 is 37.1 Å². The van der Waals surface area contributed by atoms with Crippen LogP contribution in [0.25, 0.3) is 16.8 Å². The number of ether oxygens (including phenoxy) is 1. The molecular formula is C22H19F3N8O5. The Hall–Kier alpha value is -4.57. The number of hydrogen-bond acceptors (Lipinski definition) is 10. The third-order valence-corrected chi connectivity index (χ3v) is 5.80. The summed E-state index contributed by atoms with van der Waals surface area (Å²) in [4.78, 5) is 34.0. The average molecular weight is 532 g/mol. The van der Waals surface area contributed by atoms with Crippen molar-refractivity contribution >= 4 is 40.1 Å². The van der Waals surface area contributed by atoms with Crippen molar-refractivity contribution in [2.24, 2.45) is 0 Å². The zero-order chi connectivity index (χ0) is 27.2. The largest absolute Gasteiger partial charge is 0.451 e. The molecule has 2 atom stereocenters. The standard InChI is InChI=1S/C22H19F3N8O5/c1-21(36,20(35)28-11-2-3-12-13(10-11)38-31-17(12)26)16-18(34)32(8-9-37-16)15-5-7-33(30-15)14-4-6-27-19(29-14)22(23,24)25/h2-7,10,16,36H,8-9H2,1H3,(H2,26,31)(H,28,35)/t16-,21?/m0/s1. The van der Waals surface area contributed by atoms with Gasteiger partial charge in [-0.1, -0.05) is 5.16 Å². The lowest BCUT2D eigenvalue weighted by Crippen LogP contribution is -2.61. The van der Waals surface area contributed by atoms with E-state index >= 15 is 0 Å². The van der Waals surface area contributed by atoms with E-state index in [0.717, 1.165) is 22.7 Å². The summed E-state index contributed by atoms with van der Waals surface area (Å²) >= 11 is 0. The summed E-state index contributed by atoms with van der Waals surface area (Å²) in [6.45, 7) is 1.09. The number of carbonyl (C=O) groups is 2. The molecule has 4 heterocycles. The summed E-state index contributed by atoms with van der Waals surface area (Å²) in [5.74, 6) is -3.00. The molecule has 198 valence electrons. The molecule has 3 aromatic heterocycles. The Morgan fingerprint density at radius 2 is 2.03 bits per heavy atom. The fraction of sp³-hybridized carbons (Fsp3) is 0.273. The number of rotatable bonds is 5. The van der Waals surface area contributed by atoms with Gasteiger partial charge in [0.25, 0.3) is 11.8 Å². The highest BCUT2D eigenvalue weighted by molar-refractivity contribution is 6.06. The first kappa shape index (κ1) is 25.1. The number of nitrogens with two attached hydrogens (primary N) is 1. The minimum atomic E-state index is -4.75. The highest BCUT2D eigenvalue weighted by Gasteiger charge is 2.49. The normalized spacial score (nSPS) is 18.0. The highest BCUT2D eigenvalue weighted by Crippen LogP contribution is 2.28. The van der Waals surface area contributed by atoms with Gasteiger partial charge in [-0.2, -0.15) is 13.2 Å². The molecule has 4 aromatic rings. The quantitative estimate of drug-likeness (QED) is 0.342. The number of nitrogens with zero attached hydrogens (tertiary/aromatic N) is 6. The number of nitrogens with one attached hydrogen (secondary N) is 1. The van der Waals surface area contributed by atoms with Crippen LogP contribution in [0.1, 0.15) is 12.7 Å². The van der Waals surface area contributed by atoms with Gasteiger partial charge in [0.1, 0.15) is 0 Å². The Morgan fingerprint density at radius 1 is 1.24 bits per heavy atom. The van der Waals surface area contributed by atoms with E-state index in [1.165, 1.54) is 30.5 Å². The number of nitrogen functional groups attached to an aromatic ring is 1. The van der Waals surface area contributed by atoms with Gasteiger partial charge in [0.15, 0.2) is 34.7 Å². The minimum absolute atomic E-state index is 0.0191. The number of anilines is 3. The number of amides is 2. The zero-order valence-corrected chi connectivity index (χ0v) is 19.5. The fourth-order valence-corrected chi connectivity index (χ4v) is 3.83. The number of carbonyl (C=O) groups excluding carboxylic acids is 2. The molecule has 5 rings (SSSR count). The first-order valence-electron chi connectivity index (χ1n) is 11.0. The second-order valence-electron chi connectivity index (χ2n) is 8.48. The SMILES string of the molecule is CC(O)(C(=O)Nc1ccc2c(N)noc2c1)[C@H]1OCCN(c2ccn(-c3ccnc(C(F)(F)F)n3)n2)C1=O. The van der Waals surface area contributed by atoms with Gasteiger partial charge in [0, 0.05) is 36.3 Å². The second kappa shape index (κ2) is 9.07. The van der Waals surface area contributed by atoms with Crippen LogP contribution in [0.3, 0.4) is 0 Å². The smallest absolute Gasteiger partial charge is 0.380 e. The number of aliphatic hydroxyl groups is 1. The van der Waals surface area contributed by atoms with Crippen molar-refractivity contribution in [3.05, 3.63) is 48.5 Å². The fourth-order valence-electron chi connectivity index (χ4n) is 3.83. The summed E-state index contributed by atoms with van der Waals surface area (Å²) in [7, 11) is 0. The van der Waals surface area contributed by atoms with Crippen molar-refractivity contribution in [2.45, 2.75) is 24.8 Å². The monoisotopic (exact) mass is 532 g/mol. The van der Waals surface area contributed by atoms with Crippen molar-refractivity contribution in [3.8, 4) is 5.82 Å². The number of halogens is 3. The molecule has 1 fully saturated rings. The van der Waals surface area contributed by atoms with Crippen LogP contribution in [0.2, 0.25) is 0 Å². The van der Waals surface area contributed by atoms with Gasteiger partial charge in [-0.3, -0.25) is 14.5 Å². The Bertz CT molecular complexity index is 1530. The first-order valence-corrected chi connectivity index (χ1v) is 11.0. The van der Waals surface area contributed by atoms with Crippen molar-refractivity contribution in [2.75, 3.05) is 29.1 Å². The highest BCUT2D eigenvalue weighted by atomic mass is 19.4. The minimum Gasteiger partial charge on any atom is -0.380 e. The van der Waals surface area contributed by atoms with Gasteiger partial charge in [-0.05, 0) is 19.1 Å². The van der Waals surface area contributed by atoms with E-state index < -0.39 is 35.5 Å². The topological polar surface area (TPSA) is 175 Å². The van der Waals surface area contributed by atoms with Crippen LogP contribution >= 0.6 is 0 Å². The van der Waals surface area contributed by atoms with E-state index in [0.29, 0.717) is 11.0 Å². The van der Waals surface area contributed by atoms with Crippen LogP contribution < -0.4 is 16.0 Å². The van der Waals surface area contributed by atoms with Gasteiger partial charge in [0.05, 0.1) is 18.5 Å². The van der Waals surface area contributed by atoms with Crippen LogP contribution in [0, 0.1) is 0 Å². The second-order valence-corrected chi connectivity index (χ2v) is 8.48. The Kier molecular flexibility index (Phi) is 5.99. The molecule has 13 nitrogen and oxygen atoms in total. The van der Waals surface area contributed by atoms with Gasteiger partial charge in [0.2, 0.25) is 5.82 Å². The molecule has 4 N–H and O–H groups in total. The summed E-state index contributed by atoms with van der Waals surface area (Å²) < 4.78 is 50.5. The van der Waals surface area contributed by atoms with Crippen LogP contribution in [-0.2, 0) is 20.5 Å². The van der Waals surface area contributed by atoms with Crippen molar-refractivity contribution in [1.82, 2.24) is 24.9 Å². The average Bonchev–Trinajstić information content (AvgIpc) is 3.51. The van der Waals surface area contributed by atoms with Crippen LogP contribution in [0.15, 0.2) is 47.2 Å². The van der Waals surface area contributed by atoms with E-state index in [-0.39, 0.29) is 36.3 Å². The first-order chi connectivity index (χ1) is 17.9. The number of aromatic nitrogens is 5. The summed E-state index contributed by atoms with van der Waals surface area (Å²) in [6, 6.07) is 7.13. The van der Waals surface area contributed by atoms with E-state index in [1.807, 2.05) is 0 Å². The Morgan fingerprint density at radius 3 is 2.79 bits per heavy atom. The van der Waals surface area contributed by atoms with Crippen molar-refractivity contribution in [1.29, 1.82) is 0 Å². The molecule has 1 aliphatic heterocycles. The maximum Gasteiger partial charge on any atom is 0.451 e. The molecule has 1 unspecified atom stereocenters. The zero-order valence-electron chi connectivity index (χ0n) is 19.5. The van der Waals surface area contributed by atoms with Crippen molar-refractivity contribution in [3.63, 3.8) is 0 Å². The summed E-state index contributed by atoms with van der Waals surface area (Å²) in [5, 5.41) is 21.8. The Balaban J connectivity index is 1.34. The molecule has 1 saturated heterocycles. The lowest BCUT2D eigenvalue weighted by Gasteiger charge is -2.37. The van der Waals surface area contributed by atoms with Gasteiger partial charge >= 0.3 is 6.18 Å². The molecular weight excluding hydrogens is 513 g/mol. The lowest BCUT2D eigenvalue weighted by molar-refractivity contribution is -0.165. The molecule has 38 heavy (non-hydrogen) atoms. The van der Waals surface area contributed by atoms with E-state index in [1.54, 1.807) is 6.07 Å². The predicted octanol–water partition coefficient (Wildman–Crippen LogP) is 1.53. The molecule has 1 aromatic carbocycles. The molecule has 0 saturated carbocycles. The third kappa shape index (κ3) is 4.50. The number of morpholine rings is 1. The number of fused-ring (bicyclic) bond motifs is 1. The van der Waals surface area contributed by atoms with Crippen LogP contribution in [0.5, 0.6) is 0 Å². The van der Waals surface area contributed by atoms with Gasteiger partial charge in [-0.25, -0.2) is 14.6 Å². The molecule has 0 radical (unpaired) electrons. The number of alkyl halides is 3. The molecule has 0 bridgehead atoms. The predicted molar refractivity (Wildman–Crippen MR) is 124 cm³/mol. The van der Waals surface area contributed by atoms with E-state index in [9.17, 15) is 27.9 Å². The molecule has 1 aliphatic rings. The van der Waals surface area contributed by atoms with Crippen LogP contribution in [-0.4, -0.2) is 66.7 Å². The number of hydrogen-bond donors (Lipinski definition) is 3. The van der Waals surface area contributed by atoms with E-state index in [2.05, 4.69) is 25.5 Å². The molecule has 0 aliphatic carbocycles. The lowest BCUT2D eigenvalue weighted by atomic mass is 9.95. The third-order valence-electron chi connectivity index (χ3n) is 5.80. The van der Waals surface area contributed by atoms with Gasteiger partial charge in [-0.15, -0.1) is 5.10 Å².